The van der Waals surface area contributed by atoms with Gasteiger partial charge < -0.3 is 10.1 Å². The van der Waals surface area contributed by atoms with Gasteiger partial charge in [0.25, 0.3) is 5.91 Å². The van der Waals surface area contributed by atoms with E-state index < -0.39 is 15.9 Å². The number of anilines is 2. The summed E-state index contributed by atoms with van der Waals surface area (Å²) >= 11 is 5.98. The van der Waals surface area contributed by atoms with E-state index in [0.717, 1.165) is 6.26 Å². The van der Waals surface area contributed by atoms with E-state index in [1.807, 2.05) is 0 Å². The van der Waals surface area contributed by atoms with Gasteiger partial charge in [0.1, 0.15) is 5.75 Å². The zero-order valence-corrected chi connectivity index (χ0v) is 14.0. The van der Waals surface area contributed by atoms with E-state index >= 15 is 0 Å². The fourth-order valence-electron chi connectivity index (χ4n) is 1.91. The normalized spacial score (nSPS) is 10.9. The Labute approximate surface area is 139 Å². The van der Waals surface area contributed by atoms with E-state index in [0.29, 0.717) is 22.0 Å². The Morgan fingerprint density at radius 2 is 1.87 bits per heavy atom. The summed E-state index contributed by atoms with van der Waals surface area (Å²) in [5.74, 6) is -0.0581. The van der Waals surface area contributed by atoms with Crippen molar-refractivity contribution in [2.24, 2.45) is 0 Å². The molecule has 0 unspecified atom stereocenters. The van der Waals surface area contributed by atoms with Crippen LogP contribution >= 0.6 is 11.6 Å². The summed E-state index contributed by atoms with van der Waals surface area (Å²) in [6.45, 7) is 0. The number of methoxy groups -OCH3 is 1. The molecule has 0 aliphatic rings. The predicted molar refractivity (Wildman–Crippen MR) is 90.9 cm³/mol. The third-order valence-electron chi connectivity index (χ3n) is 2.87. The summed E-state index contributed by atoms with van der Waals surface area (Å²) in [6.07, 6.45) is 1.03. The van der Waals surface area contributed by atoms with Crippen LogP contribution in [0.15, 0.2) is 42.5 Å². The van der Waals surface area contributed by atoms with Crippen molar-refractivity contribution in [3.05, 3.63) is 53.1 Å². The van der Waals surface area contributed by atoms with Crippen LogP contribution in [0.3, 0.4) is 0 Å². The molecule has 6 nitrogen and oxygen atoms in total. The zero-order valence-electron chi connectivity index (χ0n) is 12.5. The minimum Gasteiger partial charge on any atom is -0.495 e. The Morgan fingerprint density at radius 3 is 2.48 bits per heavy atom. The molecule has 0 bridgehead atoms. The lowest BCUT2D eigenvalue weighted by Gasteiger charge is -2.12. The summed E-state index contributed by atoms with van der Waals surface area (Å²) in [7, 11) is -2.06. The van der Waals surface area contributed by atoms with Crippen molar-refractivity contribution >= 4 is 38.9 Å². The highest BCUT2D eigenvalue weighted by atomic mass is 35.5. The van der Waals surface area contributed by atoms with Crippen molar-refractivity contribution in [3.8, 4) is 5.75 Å². The maximum Gasteiger partial charge on any atom is 0.257 e. The Hall–Kier alpha value is -2.25. The number of hydrogen-bond donors (Lipinski definition) is 2. The van der Waals surface area contributed by atoms with Gasteiger partial charge >= 0.3 is 0 Å². The molecule has 0 saturated carbocycles. The molecule has 0 aliphatic carbocycles. The van der Waals surface area contributed by atoms with Gasteiger partial charge in [0.15, 0.2) is 0 Å². The first kappa shape index (κ1) is 17.1. The number of rotatable bonds is 5. The highest BCUT2D eigenvalue weighted by Crippen LogP contribution is 2.29. The average Bonchev–Trinajstić information content (AvgIpc) is 2.46. The molecule has 122 valence electrons. The minimum absolute atomic E-state index is 0.229. The minimum atomic E-state index is -3.48. The lowest BCUT2D eigenvalue weighted by Crippen LogP contribution is -2.14. The van der Waals surface area contributed by atoms with Crippen LogP contribution in [0, 0.1) is 0 Å². The largest absolute Gasteiger partial charge is 0.495 e. The molecule has 8 heteroatoms. The number of hydrogen-bond acceptors (Lipinski definition) is 4. The van der Waals surface area contributed by atoms with Crippen molar-refractivity contribution < 1.29 is 17.9 Å². The number of halogens is 1. The third-order valence-corrected chi connectivity index (χ3v) is 3.79. The first-order valence-electron chi connectivity index (χ1n) is 6.52. The highest BCUT2D eigenvalue weighted by molar-refractivity contribution is 7.92. The molecule has 23 heavy (non-hydrogen) atoms. The maximum atomic E-state index is 12.2. The molecule has 0 fully saturated rings. The summed E-state index contributed by atoms with van der Waals surface area (Å²) in [5.41, 5.74) is 0.955. The second kappa shape index (κ2) is 6.89. The Morgan fingerprint density at radius 1 is 1.17 bits per heavy atom. The van der Waals surface area contributed by atoms with Crippen LogP contribution in [0.1, 0.15) is 10.4 Å². The standard InChI is InChI=1S/C15H15ClN2O4S/c1-22-14-8-7-10(9-13(14)18-23(2,20)21)17-15(19)11-5-3-4-6-12(11)16/h3-9,18H,1-2H3,(H,17,19). The van der Waals surface area contributed by atoms with Crippen molar-refractivity contribution in [1.82, 2.24) is 0 Å². The molecule has 0 radical (unpaired) electrons. The SMILES string of the molecule is COc1ccc(NC(=O)c2ccccc2Cl)cc1NS(C)(=O)=O. The lowest BCUT2D eigenvalue weighted by atomic mass is 10.2. The van der Waals surface area contributed by atoms with Crippen molar-refractivity contribution in [2.45, 2.75) is 0 Å². The topological polar surface area (TPSA) is 84.5 Å². The van der Waals surface area contributed by atoms with E-state index in [9.17, 15) is 13.2 Å². The molecule has 0 spiro atoms. The molecule has 0 aromatic heterocycles. The number of nitrogens with one attached hydrogen (secondary N) is 2. The molecular weight excluding hydrogens is 340 g/mol. The molecule has 0 heterocycles. The van der Waals surface area contributed by atoms with Gasteiger partial charge in [-0.05, 0) is 30.3 Å². The first-order valence-corrected chi connectivity index (χ1v) is 8.79. The first-order chi connectivity index (χ1) is 10.8. The van der Waals surface area contributed by atoms with E-state index in [4.69, 9.17) is 16.3 Å². The third kappa shape index (κ3) is 4.61. The number of benzene rings is 2. The van der Waals surface area contributed by atoms with Gasteiger partial charge in [0.05, 0.1) is 29.6 Å². The molecule has 2 N–H and O–H groups in total. The van der Waals surface area contributed by atoms with Gasteiger partial charge in [-0.2, -0.15) is 0 Å². The number of ether oxygens (including phenoxy) is 1. The molecule has 2 rings (SSSR count). The van der Waals surface area contributed by atoms with Crippen LogP contribution in [-0.2, 0) is 10.0 Å². The van der Waals surface area contributed by atoms with E-state index in [2.05, 4.69) is 10.0 Å². The summed E-state index contributed by atoms with van der Waals surface area (Å²) in [4.78, 5) is 12.2. The molecule has 2 aromatic rings. The van der Waals surface area contributed by atoms with Crippen LogP contribution in [0.25, 0.3) is 0 Å². The summed E-state index contributed by atoms with van der Waals surface area (Å²) in [5, 5.41) is 2.99. The number of carbonyl (C=O) groups excluding carboxylic acids is 1. The van der Waals surface area contributed by atoms with E-state index in [1.165, 1.54) is 13.2 Å². The van der Waals surface area contributed by atoms with Gasteiger partial charge in [-0.15, -0.1) is 0 Å². The Bertz CT molecular complexity index is 837. The quantitative estimate of drug-likeness (QED) is 0.864. The molecular formula is C15H15ClN2O4S. The van der Waals surface area contributed by atoms with Crippen LogP contribution < -0.4 is 14.8 Å². The number of amides is 1. The van der Waals surface area contributed by atoms with Crippen molar-refractivity contribution in [3.63, 3.8) is 0 Å². The second-order valence-corrected chi connectivity index (χ2v) is 6.88. The fourth-order valence-corrected chi connectivity index (χ4v) is 2.69. The van der Waals surface area contributed by atoms with E-state index in [-0.39, 0.29) is 5.69 Å². The summed E-state index contributed by atoms with van der Waals surface area (Å²) < 4.78 is 30.2. The smallest absolute Gasteiger partial charge is 0.257 e. The molecule has 1 amide bonds. The maximum absolute atomic E-state index is 12.2. The van der Waals surface area contributed by atoms with Crippen LogP contribution in [0.2, 0.25) is 5.02 Å². The van der Waals surface area contributed by atoms with Crippen LogP contribution in [0.5, 0.6) is 5.75 Å². The van der Waals surface area contributed by atoms with Crippen molar-refractivity contribution in [1.29, 1.82) is 0 Å². The Balaban J connectivity index is 2.29. The van der Waals surface area contributed by atoms with Gasteiger partial charge in [-0.25, -0.2) is 8.42 Å². The van der Waals surface area contributed by atoms with Crippen LogP contribution in [-0.4, -0.2) is 27.7 Å². The van der Waals surface area contributed by atoms with Crippen LogP contribution in [0.4, 0.5) is 11.4 Å². The Kier molecular flexibility index (Phi) is 5.12. The fraction of sp³-hybridized carbons (Fsp3) is 0.133. The molecule has 0 saturated heterocycles. The molecule has 0 aliphatic heterocycles. The summed E-state index contributed by atoms with van der Waals surface area (Å²) in [6, 6.07) is 11.2. The lowest BCUT2D eigenvalue weighted by molar-refractivity contribution is 0.102. The molecule has 0 atom stereocenters. The van der Waals surface area contributed by atoms with Gasteiger partial charge in [0.2, 0.25) is 10.0 Å². The monoisotopic (exact) mass is 354 g/mol. The predicted octanol–water partition coefficient (Wildman–Crippen LogP) is 2.97. The second-order valence-electron chi connectivity index (χ2n) is 4.72. The van der Waals surface area contributed by atoms with E-state index in [1.54, 1.807) is 36.4 Å². The molecule has 2 aromatic carbocycles. The zero-order chi connectivity index (χ0) is 17.0. The van der Waals surface area contributed by atoms with Gasteiger partial charge in [-0.1, -0.05) is 23.7 Å². The highest BCUT2D eigenvalue weighted by Gasteiger charge is 2.13. The van der Waals surface area contributed by atoms with Gasteiger partial charge in [0, 0.05) is 5.69 Å². The number of sulfonamides is 1. The van der Waals surface area contributed by atoms with Gasteiger partial charge in [-0.3, -0.25) is 9.52 Å². The average molecular weight is 355 g/mol. The van der Waals surface area contributed by atoms with Crippen molar-refractivity contribution in [2.75, 3.05) is 23.4 Å². The number of carbonyl (C=O) groups is 1.